The van der Waals surface area contributed by atoms with E-state index in [0.717, 1.165) is 50.5 Å². The quantitative estimate of drug-likeness (QED) is 0.291. The molecule has 0 aromatic carbocycles. The van der Waals surface area contributed by atoms with Crippen molar-refractivity contribution in [1.82, 2.24) is 0 Å². The first kappa shape index (κ1) is 36.2. The second-order valence-corrected chi connectivity index (χ2v) is 18.8. The van der Waals surface area contributed by atoms with Gasteiger partial charge in [-0.25, -0.2) is 4.79 Å². The summed E-state index contributed by atoms with van der Waals surface area (Å²) in [5.41, 5.74) is -2.37. The number of aliphatic carboxylic acids is 1. The van der Waals surface area contributed by atoms with Gasteiger partial charge in [0.25, 0.3) is 0 Å². The first-order chi connectivity index (χ1) is 23.8. The van der Waals surface area contributed by atoms with Crippen LogP contribution in [0.5, 0.6) is 0 Å². The van der Waals surface area contributed by atoms with Crippen LogP contribution >= 0.6 is 0 Å². The molecule has 10 nitrogen and oxygen atoms in total. The van der Waals surface area contributed by atoms with Crippen molar-refractivity contribution in [3.05, 3.63) is 33.8 Å². The molecule has 280 valence electrons. The molecule has 1 N–H and O–H groups in total. The van der Waals surface area contributed by atoms with E-state index >= 15 is 0 Å². The van der Waals surface area contributed by atoms with Crippen molar-refractivity contribution >= 4 is 23.7 Å². The van der Waals surface area contributed by atoms with Crippen LogP contribution in [-0.4, -0.2) is 34.9 Å². The van der Waals surface area contributed by atoms with E-state index in [2.05, 4.69) is 27.7 Å². The van der Waals surface area contributed by atoms with E-state index in [0.29, 0.717) is 38.5 Å². The smallest absolute Gasteiger partial charge is 0.481 e. The number of ether oxygens (including phenoxy) is 2. The normalized spacial score (nSPS) is 43.6. The second-order valence-electron chi connectivity index (χ2n) is 18.8. The van der Waals surface area contributed by atoms with Crippen molar-refractivity contribution in [2.75, 3.05) is 0 Å². The molecule has 1 heterocycles. The number of carboxylic acid groups (broad SMARTS) is 1. The number of hydrogen-bond acceptors (Lipinski definition) is 9. The highest BCUT2D eigenvalue weighted by Gasteiger charge is 2.72. The number of hydrogen-bond donors (Lipinski definition) is 1. The lowest BCUT2D eigenvalue weighted by Gasteiger charge is -2.70. The Bertz CT molecular complexity index is 1730. The van der Waals surface area contributed by atoms with Crippen LogP contribution in [0.15, 0.2) is 25.3 Å². The molecule has 1 aromatic rings. The summed E-state index contributed by atoms with van der Waals surface area (Å²) < 4.78 is 22.4. The molecule has 5 saturated carbocycles. The number of allylic oxidation sites excluding steroid dienone is 2. The highest BCUT2D eigenvalue weighted by atomic mass is 16.6. The lowest BCUT2D eigenvalue weighted by Crippen LogP contribution is -2.68. The Morgan fingerprint density at radius 1 is 0.882 bits per heavy atom. The molecule has 6 aliphatic rings. The van der Waals surface area contributed by atoms with Crippen molar-refractivity contribution in [2.45, 2.75) is 145 Å². The third-order valence-electron chi connectivity index (χ3n) is 16.3. The molecule has 1 aromatic heterocycles. The lowest BCUT2D eigenvalue weighted by atomic mass is 9.33. The van der Waals surface area contributed by atoms with Crippen LogP contribution in [0.1, 0.15) is 137 Å². The van der Waals surface area contributed by atoms with Gasteiger partial charge >= 0.3 is 23.7 Å². The predicted octanol–water partition coefficient (Wildman–Crippen LogP) is 7.73. The van der Waals surface area contributed by atoms with Gasteiger partial charge in [-0.15, -0.1) is 0 Å². The second kappa shape index (κ2) is 11.9. The molecule has 7 rings (SSSR count). The van der Waals surface area contributed by atoms with Crippen LogP contribution < -0.4 is 5.82 Å². The summed E-state index contributed by atoms with van der Waals surface area (Å²) in [6.07, 6.45) is 10.9. The minimum atomic E-state index is -1.26. The number of carboxylic acids is 1. The Morgan fingerprint density at radius 2 is 1.57 bits per heavy atom. The highest BCUT2D eigenvalue weighted by Crippen LogP contribution is 2.75. The predicted molar refractivity (Wildman–Crippen MR) is 185 cm³/mol. The van der Waals surface area contributed by atoms with Crippen molar-refractivity contribution in [3.63, 3.8) is 0 Å². The van der Waals surface area contributed by atoms with Gasteiger partial charge in [-0.1, -0.05) is 46.1 Å². The van der Waals surface area contributed by atoms with Crippen LogP contribution in [0.4, 0.5) is 0 Å². The molecular formula is C41H56O10. The lowest BCUT2D eigenvalue weighted by molar-refractivity contribution is -0.225. The van der Waals surface area contributed by atoms with Crippen molar-refractivity contribution < 1.29 is 42.6 Å². The largest absolute Gasteiger partial charge is 0.519 e. The zero-order valence-corrected chi connectivity index (χ0v) is 31.5. The summed E-state index contributed by atoms with van der Waals surface area (Å²) in [6, 6.07) is 0. The maximum absolute atomic E-state index is 14.9. The maximum Gasteiger partial charge on any atom is 0.519 e. The van der Waals surface area contributed by atoms with Crippen LogP contribution in [0.2, 0.25) is 0 Å². The maximum atomic E-state index is 14.9. The monoisotopic (exact) mass is 708 g/mol. The van der Waals surface area contributed by atoms with E-state index in [1.54, 1.807) is 6.92 Å². The average Bonchev–Trinajstić information content (AvgIpc) is 3.72. The number of esters is 2. The molecule has 0 aliphatic heterocycles. The molecule has 1 unspecified atom stereocenters. The topological polar surface area (TPSA) is 150 Å². The van der Waals surface area contributed by atoms with E-state index in [4.69, 9.17) is 18.3 Å². The molecule has 0 bridgehead atoms. The molecule has 10 heteroatoms. The van der Waals surface area contributed by atoms with Crippen molar-refractivity contribution in [2.24, 2.45) is 56.2 Å². The molecule has 51 heavy (non-hydrogen) atoms. The Hall–Kier alpha value is -3.17. The highest BCUT2D eigenvalue weighted by molar-refractivity contribution is 5.96. The Morgan fingerprint density at radius 3 is 2.22 bits per heavy atom. The first-order valence-electron chi connectivity index (χ1n) is 19.3. The zero-order valence-electron chi connectivity index (χ0n) is 31.5. The fraction of sp³-hybridized carbons (Fsp3) is 0.780. The van der Waals surface area contributed by atoms with Gasteiger partial charge in [0.05, 0.1) is 11.3 Å². The number of carbonyl (C=O) groups is 4. The molecule has 10 atom stereocenters. The van der Waals surface area contributed by atoms with Crippen molar-refractivity contribution in [3.8, 4) is 0 Å². The van der Waals surface area contributed by atoms with Gasteiger partial charge in [-0.3, -0.25) is 19.2 Å². The van der Waals surface area contributed by atoms with Crippen LogP contribution in [-0.2, 0) is 35.3 Å². The van der Waals surface area contributed by atoms with E-state index in [-0.39, 0.29) is 64.4 Å². The molecule has 0 spiro atoms. The van der Waals surface area contributed by atoms with Gasteiger partial charge in [0.15, 0.2) is 23.9 Å². The summed E-state index contributed by atoms with van der Waals surface area (Å²) in [5.74, 6) is -2.89. The van der Waals surface area contributed by atoms with Gasteiger partial charge in [-0.2, -0.15) is 0 Å². The van der Waals surface area contributed by atoms with Crippen LogP contribution in [0, 0.1) is 63.1 Å². The fourth-order valence-corrected chi connectivity index (χ4v) is 12.7. The van der Waals surface area contributed by atoms with E-state index in [1.165, 1.54) is 0 Å². The Kier molecular flexibility index (Phi) is 8.46. The molecule has 6 aliphatic carbocycles. The summed E-state index contributed by atoms with van der Waals surface area (Å²) in [7, 11) is 0. The van der Waals surface area contributed by atoms with Crippen LogP contribution in [0.25, 0.3) is 0 Å². The van der Waals surface area contributed by atoms with E-state index in [9.17, 15) is 29.1 Å². The third kappa shape index (κ3) is 5.18. The minimum absolute atomic E-state index is 0.00997. The van der Waals surface area contributed by atoms with Gasteiger partial charge in [0.2, 0.25) is 0 Å². The van der Waals surface area contributed by atoms with E-state index in [1.807, 2.05) is 19.9 Å². The van der Waals surface area contributed by atoms with Gasteiger partial charge in [0.1, 0.15) is 11.5 Å². The molecule has 5 fully saturated rings. The number of aryl methyl sites for hydroxylation is 1. The van der Waals surface area contributed by atoms with Gasteiger partial charge in [0, 0.05) is 5.92 Å². The molecular weight excluding hydrogens is 652 g/mol. The number of fused-ring (bicyclic) bond motifs is 7. The third-order valence-corrected chi connectivity index (χ3v) is 16.3. The first-order valence-corrected chi connectivity index (χ1v) is 19.3. The minimum Gasteiger partial charge on any atom is -0.481 e. The summed E-state index contributed by atoms with van der Waals surface area (Å²) in [5, 5.41) is 10.3. The van der Waals surface area contributed by atoms with Crippen molar-refractivity contribution in [1.29, 1.82) is 0 Å². The Labute approximate surface area is 300 Å². The Balaban J connectivity index is 1.26. The van der Waals surface area contributed by atoms with Gasteiger partial charge < -0.3 is 23.4 Å². The van der Waals surface area contributed by atoms with Gasteiger partial charge in [-0.05, 0) is 131 Å². The average molecular weight is 709 g/mol. The van der Waals surface area contributed by atoms with E-state index < -0.39 is 45.5 Å². The zero-order chi connectivity index (χ0) is 36.9. The van der Waals surface area contributed by atoms with Crippen LogP contribution in [0.3, 0.4) is 0 Å². The fourth-order valence-electron chi connectivity index (χ4n) is 12.7. The standard InChI is InChI=1S/C41H56O10/c1-23-28(50-35(47)49-23)22-48-34(46)41(7)29-12-15-40(6)31(38(29,4)14-13-30(41)51-32(43)24-10-8-9-11-24)27(42)20-25-26-21-37(3,33(44)45)17-16-36(26,2)18-19-39(25,40)5/h20,24,26,29-31H,8-19,21-22H2,1-7H3,(H,44,45)/t26-,29?,30-,31+,36+,37-,38-,39+,40+,41-/m0/s1. The summed E-state index contributed by atoms with van der Waals surface area (Å²) >= 11 is 0. The number of ketones is 1. The molecule has 0 saturated heterocycles. The summed E-state index contributed by atoms with van der Waals surface area (Å²) in [6.45, 7) is 14.0. The molecule has 0 amide bonds. The SMILES string of the molecule is Cc1oc(=O)oc1COC(=O)[C@@]1(C)C2CC[C@]3(C)[C@H](C(=O)C=C4[C@@H]5C[C@@](C)(C(=O)O)CC[C@]5(C)CC[C@]43C)[C@@]2(C)CC[C@@H]1OC(=O)C1CCCC1. The number of carbonyl (C=O) groups excluding carboxylic acids is 3. The summed E-state index contributed by atoms with van der Waals surface area (Å²) in [4.78, 5) is 67.2. The molecule has 0 radical (unpaired) electrons. The number of rotatable bonds is 6.